The van der Waals surface area contributed by atoms with Crippen molar-refractivity contribution in [3.05, 3.63) is 29.8 Å². The van der Waals surface area contributed by atoms with Crippen molar-refractivity contribution in [3.63, 3.8) is 0 Å². The summed E-state index contributed by atoms with van der Waals surface area (Å²) in [6, 6.07) is 8.69. The van der Waals surface area contributed by atoms with Crippen molar-refractivity contribution >= 4 is 5.91 Å². The molecule has 19 heavy (non-hydrogen) atoms. The van der Waals surface area contributed by atoms with Crippen molar-refractivity contribution in [2.45, 2.75) is 31.8 Å². The van der Waals surface area contributed by atoms with E-state index in [0.717, 1.165) is 17.9 Å². The molecule has 0 aliphatic heterocycles. The lowest BCUT2D eigenvalue weighted by Crippen LogP contribution is -2.23. The molecule has 0 aromatic heterocycles. The third-order valence-corrected chi connectivity index (χ3v) is 3.20. The van der Waals surface area contributed by atoms with Crippen LogP contribution in [0.4, 0.5) is 0 Å². The summed E-state index contributed by atoms with van der Waals surface area (Å²) in [6.07, 6.45) is 2.97. The SMILES string of the molecule is CN(C)C(=O)CCOc1ccccc1CNC1CC1. The molecule has 0 atom stereocenters. The van der Waals surface area contributed by atoms with E-state index in [1.807, 2.05) is 18.2 Å². The highest BCUT2D eigenvalue weighted by Gasteiger charge is 2.20. The highest BCUT2D eigenvalue weighted by molar-refractivity contribution is 5.75. The minimum absolute atomic E-state index is 0.0913. The predicted octanol–water partition coefficient (Wildman–Crippen LogP) is 1.80. The van der Waals surface area contributed by atoms with Crippen LogP contribution in [0.5, 0.6) is 5.75 Å². The van der Waals surface area contributed by atoms with Gasteiger partial charge in [0, 0.05) is 32.2 Å². The van der Waals surface area contributed by atoms with Crippen LogP contribution in [0, 0.1) is 0 Å². The fraction of sp³-hybridized carbons (Fsp3) is 0.533. The van der Waals surface area contributed by atoms with Gasteiger partial charge in [0.25, 0.3) is 0 Å². The van der Waals surface area contributed by atoms with E-state index >= 15 is 0 Å². The first-order valence-corrected chi connectivity index (χ1v) is 6.81. The fourth-order valence-electron chi connectivity index (χ4n) is 1.80. The molecule has 0 bridgehead atoms. The van der Waals surface area contributed by atoms with E-state index in [9.17, 15) is 4.79 Å². The van der Waals surface area contributed by atoms with Crippen LogP contribution in [0.15, 0.2) is 24.3 Å². The van der Waals surface area contributed by atoms with Crippen molar-refractivity contribution in [2.75, 3.05) is 20.7 Å². The van der Waals surface area contributed by atoms with Crippen molar-refractivity contribution in [1.82, 2.24) is 10.2 Å². The molecule has 0 saturated heterocycles. The average Bonchev–Trinajstić information content (AvgIpc) is 3.21. The summed E-state index contributed by atoms with van der Waals surface area (Å²) in [5.41, 5.74) is 1.16. The number of rotatable bonds is 7. The van der Waals surface area contributed by atoms with E-state index in [1.54, 1.807) is 19.0 Å². The van der Waals surface area contributed by atoms with Gasteiger partial charge in [0.1, 0.15) is 5.75 Å². The van der Waals surface area contributed by atoms with Gasteiger partial charge in [-0.05, 0) is 18.9 Å². The number of hydrogen-bond donors (Lipinski definition) is 1. The Morgan fingerprint density at radius 3 is 2.79 bits per heavy atom. The van der Waals surface area contributed by atoms with E-state index in [2.05, 4.69) is 11.4 Å². The van der Waals surface area contributed by atoms with Crippen molar-refractivity contribution in [3.8, 4) is 5.75 Å². The fourth-order valence-corrected chi connectivity index (χ4v) is 1.80. The van der Waals surface area contributed by atoms with Gasteiger partial charge in [-0.3, -0.25) is 4.79 Å². The van der Waals surface area contributed by atoms with E-state index in [-0.39, 0.29) is 5.91 Å². The number of carbonyl (C=O) groups is 1. The van der Waals surface area contributed by atoms with E-state index in [0.29, 0.717) is 19.1 Å². The smallest absolute Gasteiger partial charge is 0.225 e. The van der Waals surface area contributed by atoms with Gasteiger partial charge < -0.3 is 15.0 Å². The van der Waals surface area contributed by atoms with Gasteiger partial charge in [0.15, 0.2) is 0 Å². The number of para-hydroxylation sites is 1. The minimum atomic E-state index is 0.0913. The van der Waals surface area contributed by atoms with Gasteiger partial charge in [0.2, 0.25) is 5.91 Å². The van der Waals surface area contributed by atoms with Crippen LogP contribution in [-0.4, -0.2) is 37.6 Å². The number of amides is 1. The number of hydrogen-bond acceptors (Lipinski definition) is 3. The first-order chi connectivity index (χ1) is 9.16. The predicted molar refractivity (Wildman–Crippen MR) is 75.1 cm³/mol. The molecule has 1 saturated carbocycles. The Labute approximate surface area is 114 Å². The number of nitrogens with one attached hydrogen (secondary N) is 1. The Morgan fingerprint density at radius 1 is 1.37 bits per heavy atom. The van der Waals surface area contributed by atoms with Crippen molar-refractivity contribution in [1.29, 1.82) is 0 Å². The summed E-state index contributed by atoms with van der Waals surface area (Å²) in [7, 11) is 3.52. The summed E-state index contributed by atoms with van der Waals surface area (Å²) < 4.78 is 5.72. The van der Waals surface area contributed by atoms with Crippen LogP contribution in [0.3, 0.4) is 0 Å². The maximum atomic E-state index is 11.5. The minimum Gasteiger partial charge on any atom is -0.493 e. The Kier molecular flexibility index (Phi) is 4.80. The second-order valence-corrected chi connectivity index (χ2v) is 5.15. The molecule has 1 aliphatic carbocycles. The molecule has 0 radical (unpaired) electrons. The van der Waals surface area contributed by atoms with Gasteiger partial charge in [0.05, 0.1) is 13.0 Å². The summed E-state index contributed by atoms with van der Waals surface area (Å²) in [5.74, 6) is 0.968. The lowest BCUT2D eigenvalue weighted by Gasteiger charge is -2.13. The summed E-state index contributed by atoms with van der Waals surface area (Å²) in [6.45, 7) is 1.26. The zero-order valence-electron chi connectivity index (χ0n) is 11.7. The summed E-state index contributed by atoms with van der Waals surface area (Å²) in [4.78, 5) is 13.1. The van der Waals surface area contributed by atoms with Gasteiger partial charge in [-0.1, -0.05) is 18.2 Å². The molecule has 1 amide bonds. The molecular weight excluding hydrogens is 240 g/mol. The second-order valence-electron chi connectivity index (χ2n) is 5.15. The van der Waals surface area contributed by atoms with Gasteiger partial charge in [-0.25, -0.2) is 0 Å². The lowest BCUT2D eigenvalue weighted by atomic mass is 10.2. The normalized spacial score (nSPS) is 14.2. The lowest BCUT2D eigenvalue weighted by molar-refractivity contribution is -0.129. The third kappa shape index (κ3) is 4.56. The van der Waals surface area contributed by atoms with Crippen LogP contribution in [0.25, 0.3) is 0 Å². The van der Waals surface area contributed by atoms with Crippen LogP contribution in [-0.2, 0) is 11.3 Å². The highest BCUT2D eigenvalue weighted by Crippen LogP contribution is 2.22. The van der Waals surface area contributed by atoms with E-state index < -0.39 is 0 Å². The van der Waals surface area contributed by atoms with Crippen LogP contribution >= 0.6 is 0 Å². The Morgan fingerprint density at radius 2 is 2.11 bits per heavy atom. The molecule has 1 aliphatic rings. The molecule has 2 rings (SSSR count). The van der Waals surface area contributed by atoms with Gasteiger partial charge in [-0.15, -0.1) is 0 Å². The number of ether oxygens (including phenoxy) is 1. The summed E-state index contributed by atoms with van der Waals surface area (Å²) >= 11 is 0. The highest BCUT2D eigenvalue weighted by atomic mass is 16.5. The van der Waals surface area contributed by atoms with Gasteiger partial charge in [-0.2, -0.15) is 0 Å². The zero-order valence-corrected chi connectivity index (χ0v) is 11.7. The molecule has 1 aromatic rings. The zero-order chi connectivity index (χ0) is 13.7. The first-order valence-electron chi connectivity index (χ1n) is 6.81. The maximum Gasteiger partial charge on any atom is 0.225 e. The average molecular weight is 262 g/mol. The molecule has 4 nitrogen and oxygen atoms in total. The topological polar surface area (TPSA) is 41.6 Å². The van der Waals surface area contributed by atoms with Crippen molar-refractivity contribution < 1.29 is 9.53 Å². The Bertz CT molecular complexity index is 428. The van der Waals surface area contributed by atoms with Crippen LogP contribution < -0.4 is 10.1 Å². The van der Waals surface area contributed by atoms with Crippen LogP contribution in [0.1, 0.15) is 24.8 Å². The Hall–Kier alpha value is -1.55. The number of carbonyl (C=O) groups excluding carboxylic acids is 1. The van der Waals surface area contributed by atoms with Gasteiger partial charge >= 0.3 is 0 Å². The molecule has 1 fully saturated rings. The molecule has 1 N–H and O–H groups in total. The molecule has 0 unspecified atom stereocenters. The van der Waals surface area contributed by atoms with Crippen LogP contribution in [0.2, 0.25) is 0 Å². The second kappa shape index (κ2) is 6.57. The molecule has 0 heterocycles. The molecule has 0 spiro atoms. The monoisotopic (exact) mass is 262 g/mol. The molecular formula is C15H22N2O2. The van der Waals surface area contributed by atoms with Crippen molar-refractivity contribution in [2.24, 2.45) is 0 Å². The van der Waals surface area contributed by atoms with E-state index in [1.165, 1.54) is 12.8 Å². The third-order valence-electron chi connectivity index (χ3n) is 3.20. The molecule has 104 valence electrons. The quantitative estimate of drug-likeness (QED) is 0.814. The Balaban J connectivity index is 1.82. The number of nitrogens with zero attached hydrogens (tertiary/aromatic N) is 1. The van der Waals surface area contributed by atoms with E-state index in [4.69, 9.17) is 4.74 Å². The standard InChI is InChI=1S/C15H22N2O2/c1-17(2)15(18)9-10-19-14-6-4-3-5-12(14)11-16-13-7-8-13/h3-6,13,16H,7-11H2,1-2H3. The molecule has 4 heteroatoms. The first kappa shape index (κ1) is 13.9. The summed E-state index contributed by atoms with van der Waals surface area (Å²) in [5, 5.41) is 3.48. The molecule has 1 aromatic carbocycles. The maximum absolute atomic E-state index is 11.5. The number of benzene rings is 1. The largest absolute Gasteiger partial charge is 0.493 e.